The molecule has 5 atom stereocenters. The predicted molar refractivity (Wildman–Crippen MR) is 85.8 cm³/mol. The van der Waals surface area contributed by atoms with Crippen LogP contribution in [0.4, 0.5) is 0 Å². The van der Waals surface area contributed by atoms with Gasteiger partial charge in [-0.05, 0) is 30.5 Å². The van der Waals surface area contributed by atoms with Crippen LogP contribution in [0.15, 0.2) is 24.3 Å². The maximum atomic E-state index is 10.7. The zero-order valence-corrected chi connectivity index (χ0v) is 13.9. The van der Waals surface area contributed by atoms with Gasteiger partial charge >= 0.3 is 5.97 Å². The van der Waals surface area contributed by atoms with Gasteiger partial charge in [0.2, 0.25) is 6.29 Å². The van der Waals surface area contributed by atoms with Crippen LogP contribution in [0.3, 0.4) is 0 Å². The summed E-state index contributed by atoms with van der Waals surface area (Å²) in [5.74, 6) is 0.108. The first kappa shape index (κ1) is 19.6. The van der Waals surface area contributed by atoms with Gasteiger partial charge < -0.3 is 34.6 Å². The van der Waals surface area contributed by atoms with Crippen LogP contribution < -0.4 is 4.74 Å². The molecule has 1 saturated heterocycles. The number of carbonyl (C=O) groups is 1. The highest BCUT2D eigenvalue weighted by Crippen LogP contribution is 2.24. The summed E-state index contributed by atoms with van der Waals surface area (Å²) in [6.45, 7) is 1.22. The van der Waals surface area contributed by atoms with Crippen LogP contribution in [0.5, 0.6) is 5.75 Å². The van der Waals surface area contributed by atoms with Gasteiger partial charge in [0.15, 0.2) is 0 Å². The van der Waals surface area contributed by atoms with Crippen molar-refractivity contribution < 1.29 is 39.4 Å². The molecule has 1 fully saturated rings. The third-order valence-corrected chi connectivity index (χ3v) is 3.94. The Balaban J connectivity index is 1.88. The molecule has 0 saturated carbocycles. The van der Waals surface area contributed by atoms with Crippen molar-refractivity contribution in [3.8, 4) is 5.75 Å². The lowest BCUT2D eigenvalue weighted by Gasteiger charge is -2.39. The molecular formula is C17H24O8. The highest BCUT2D eigenvalue weighted by molar-refractivity contribution is 5.65. The Bertz CT molecular complexity index is 544. The Morgan fingerprint density at radius 3 is 2.40 bits per heavy atom. The minimum atomic E-state index is -1.48. The van der Waals surface area contributed by atoms with Crippen molar-refractivity contribution in [2.24, 2.45) is 0 Å². The molecule has 8 nitrogen and oxygen atoms in total. The summed E-state index contributed by atoms with van der Waals surface area (Å²) < 4.78 is 15.7. The highest BCUT2D eigenvalue weighted by Gasteiger charge is 2.44. The topological polar surface area (TPSA) is 126 Å². The maximum Gasteiger partial charge on any atom is 0.302 e. The molecule has 140 valence electrons. The molecule has 1 aromatic rings. The van der Waals surface area contributed by atoms with Crippen molar-refractivity contribution in [1.29, 1.82) is 0 Å². The summed E-state index contributed by atoms with van der Waals surface area (Å²) in [7, 11) is 0. The van der Waals surface area contributed by atoms with E-state index in [0.717, 1.165) is 12.0 Å². The SMILES string of the molecule is CC(=O)OCCCc1ccc(O[C@@H]2O[C@H](CO)[C@@H](O)[C@@H](O)[C@H]2O)cc1. The van der Waals surface area contributed by atoms with E-state index in [-0.39, 0.29) is 5.97 Å². The second-order valence-corrected chi connectivity index (χ2v) is 5.90. The molecule has 1 aliphatic heterocycles. The van der Waals surface area contributed by atoms with E-state index >= 15 is 0 Å². The van der Waals surface area contributed by atoms with Gasteiger partial charge in [0, 0.05) is 6.92 Å². The number of aliphatic hydroxyl groups is 4. The molecule has 0 bridgehead atoms. The lowest BCUT2D eigenvalue weighted by atomic mass is 9.99. The lowest BCUT2D eigenvalue weighted by Crippen LogP contribution is -2.60. The summed E-state index contributed by atoms with van der Waals surface area (Å²) in [6.07, 6.45) is -5.12. The van der Waals surface area contributed by atoms with E-state index in [4.69, 9.17) is 19.3 Å². The molecule has 4 N–H and O–H groups in total. The van der Waals surface area contributed by atoms with E-state index in [2.05, 4.69) is 0 Å². The Morgan fingerprint density at radius 1 is 1.12 bits per heavy atom. The molecule has 25 heavy (non-hydrogen) atoms. The van der Waals surface area contributed by atoms with Crippen molar-refractivity contribution in [1.82, 2.24) is 0 Å². The number of benzene rings is 1. The summed E-state index contributed by atoms with van der Waals surface area (Å²) >= 11 is 0. The van der Waals surface area contributed by atoms with Gasteiger partial charge in [-0.25, -0.2) is 0 Å². The Labute approximate surface area is 145 Å². The fourth-order valence-corrected chi connectivity index (χ4v) is 2.53. The van der Waals surface area contributed by atoms with Crippen LogP contribution in [0.25, 0.3) is 0 Å². The normalized spacial score (nSPS) is 29.2. The number of hydrogen-bond donors (Lipinski definition) is 4. The van der Waals surface area contributed by atoms with Crippen LogP contribution in [0, 0.1) is 0 Å². The molecule has 0 amide bonds. The van der Waals surface area contributed by atoms with Crippen LogP contribution in [0.1, 0.15) is 18.9 Å². The first-order valence-electron chi connectivity index (χ1n) is 8.12. The summed E-state index contributed by atoms with van der Waals surface area (Å²) in [6, 6.07) is 7.02. The Kier molecular flexibility index (Phi) is 7.15. The van der Waals surface area contributed by atoms with E-state index in [1.807, 2.05) is 12.1 Å². The lowest BCUT2D eigenvalue weighted by molar-refractivity contribution is -0.277. The van der Waals surface area contributed by atoms with Crippen LogP contribution in [-0.2, 0) is 20.7 Å². The third kappa shape index (κ3) is 5.38. The monoisotopic (exact) mass is 356 g/mol. The van der Waals surface area contributed by atoms with Gasteiger partial charge in [-0.1, -0.05) is 12.1 Å². The number of hydrogen-bond acceptors (Lipinski definition) is 8. The van der Waals surface area contributed by atoms with Gasteiger partial charge in [-0.15, -0.1) is 0 Å². The minimum Gasteiger partial charge on any atom is -0.466 e. The van der Waals surface area contributed by atoms with Gasteiger partial charge in [0.05, 0.1) is 13.2 Å². The van der Waals surface area contributed by atoms with Crippen molar-refractivity contribution in [2.45, 2.75) is 50.5 Å². The van der Waals surface area contributed by atoms with Crippen molar-refractivity contribution >= 4 is 5.97 Å². The first-order valence-corrected chi connectivity index (χ1v) is 8.12. The minimum absolute atomic E-state index is 0.303. The molecule has 1 aromatic carbocycles. The highest BCUT2D eigenvalue weighted by atomic mass is 16.7. The molecule has 1 aliphatic rings. The van der Waals surface area contributed by atoms with Gasteiger partial charge in [-0.3, -0.25) is 4.79 Å². The smallest absolute Gasteiger partial charge is 0.302 e. The summed E-state index contributed by atoms with van der Waals surface area (Å²) in [4.78, 5) is 10.7. The van der Waals surface area contributed by atoms with Gasteiger partial charge in [-0.2, -0.15) is 0 Å². The number of ether oxygens (including phenoxy) is 3. The Hall–Kier alpha value is -1.71. The molecular weight excluding hydrogens is 332 g/mol. The van der Waals surface area contributed by atoms with E-state index in [1.54, 1.807) is 12.1 Å². The van der Waals surface area contributed by atoms with Crippen molar-refractivity contribution in [3.63, 3.8) is 0 Å². The number of aliphatic hydroxyl groups excluding tert-OH is 4. The fourth-order valence-electron chi connectivity index (χ4n) is 2.53. The molecule has 0 aromatic heterocycles. The molecule has 8 heteroatoms. The average Bonchev–Trinajstić information content (AvgIpc) is 2.60. The summed E-state index contributed by atoms with van der Waals surface area (Å²) in [5.41, 5.74) is 1.02. The van der Waals surface area contributed by atoms with Crippen molar-refractivity contribution in [2.75, 3.05) is 13.2 Å². The van der Waals surface area contributed by atoms with Crippen LogP contribution in [0.2, 0.25) is 0 Å². The van der Waals surface area contributed by atoms with E-state index < -0.39 is 37.3 Å². The van der Waals surface area contributed by atoms with E-state index in [1.165, 1.54) is 6.92 Å². The number of rotatable bonds is 7. The van der Waals surface area contributed by atoms with Crippen LogP contribution >= 0.6 is 0 Å². The van der Waals surface area contributed by atoms with Crippen molar-refractivity contribution in [3.05, 3.63) is 29.8 Å². The van der Waals surface area contributed by atoms with E-state index in [0.29, 0.717) is 18.8 Å². The maximum absolute atomic E-state index is 10.7. The number of carbonyl (C=O) groups excluding carboxylic acids is 1. The molecule has 0 radical (unpaired) electrons. The number of aryl methyl sites for hydroxylation is 1. The average molecular weight is 356 g/mol. The first-order chi connectivity index (χ1) is 11.9. The summed E-state index contributed by atoms with van der Waals surface area (Å²) in [5, 5.41) is 38.6. The molecule has 2 rings (SSSR count). The zero-order valence-electron chi connectivity index (χ0n) is 13.9. The number of esters is 1. The predicted octanol–water partition coefficient (Wildman–Crippen LogP) is -0.639. The van der Waals surface area contributed by atoms with Gasteiger partial charge in [0.1, 0.15) is 30.2 Å². The molecule has 0 unspecified atom stereocenters. The van der Waals surface area contributed by atoms with Crippen LogP contribution in [-0.4, -0.2) is 70.3 Å². The molecule has 0 spiro atoms. The quantitative estimate of drug-likeness (QED) is 0.376. The zero-order chi connectivity index (χ0) is 18.4. The Morgan fingerprint density at radius 2 is 1.80 bits per heavy atom. The second kappa shape index (κ2) is 9.12. The fraction of sp³-hybridized carbons (Fsp3) is 0.588. The second-order valence-electron chi connectivity index (χ2n) is 5.90. The standard InChI is InChI=1S/C17H24O8/c1-10(19)23-8-2-3-11-4-6-12(7-5-11)24-17-16(22)15(21)14(20)13(9-18)25-17/h4-7,13-18,20-22H,2-3,8-9H2,1H3/t13-,14-,15-,16-,17-/m1/s1. The third-order valence-electron chi connectivity index (χ3n) is 3.94. The largest absolute Gasteiger partial charge is 0.466 e. The van der Waals surface area contributed by atoms with E-state index in [9.17, 15) is 20.1 Å². The molecule has 0 aliphatic carbocycles. The molecule has 1 heterocycles. The van der Waals surface area contributed by atoms with Gasteiger partial charge in [0.25, 0.3) is 0 Å².